The predicted molar refractivity (Wildman–Crippen MR) is 181 cm³/mol. The summed E-state index contributed by atoms with van der Waals surface area (Å²) in [7, 11) is 0. The third kappa shape index (κ3) is 8.77. The minimum atomic E-state index is -0.989. The molecule has 49 heavy (non-hydrogen) atoms. The van der Waals surface area contributed by atoms with E-state index in [9.17, 15) is 29.1 Å². The quantitative estimate of drug-likeness (QED) is 0.165. The fourth-order valence-corrected chi connectivity index (χ4v) is 7.74. The number of carbonyl (C=O) groups excluding carboxylic acids is 5. The molecule has 1 aliphatic heterocycles. The van der Waals surface area contributed by atoms with Crippen LogP contribution in [0.3, 0.4) is 0 Å². The van der Waals surface area contributed by atoms with Crippen LogP contribution < -0.4 is 21.3 Å². The van der Waals surface area contributed by atoms with E-state index >= 15 is 0 Å². The summed E-state index contributed by atoms with van der Waals surface area (Å²) in [5.74, 6) is -2.93. The van der Waals surface area contributed by atoms with Crippen LogP contribution in [-0.4, -0.2) is 80.2 Å². The number of aliphatic hydroxyl groups excluding tert-OH is 1. The van der Waals surface area contributed by atoms with Crippen LogP contribution in [-0.2, 0) is 19.2 Å². The van der Waals surface area contributed by atoms with E-state index in [0.29, 0.717) is 13.0 Å². The molecule has 3 aliphatic carbocycles. The highest BCUT2D eigenvalue weighted by molar-refractivity contribution is 5.98. The molecule has 0 bridgehead atoms. The lowest BCUT2D eigenvalue weighted by molar-refractivity contribution is -0.145. The van der Waals surface area contributed by atoms with Crippen LogP contribution in [0, 0.1) is 23.2 Å². The van der Waals surface area contributed by atoms with Gasteiger partial charge in [-0.25, -0.2) is 4.98 Å². The number of allylic oxidation sites excluding steroid dienone is 1. The molecule has 1 saturated heterocycles. The Morgan fingerprint density at radius 2 is 1.69 bits per heavy atom. The van der Waals surface area contributed by atoms with Crippen LogP contribution in [0.1, 0.15) is 115 Å². The van der Waals surface area contributed by atoms with Gasteiger partial charge >= 0.3 is 0 Å². The van der Waals surface area contributed by atoms with Crippen molar-refractivity contribution in [2.45, 2.75) is 129 Å². The number of aliphatic hydroxyl groups is 1. The smallest absolute Gasteiger partial charge is 0.288 e. The Kier molecular flexibility index (Phi) is 11.6. The summed E-state index contributed by atoms with van der Waals surface area (Å²) in [4.78, 5) is 78.4. The number of hydrogen-bond acceptors (Lipinski definition) is 8. The molecule has 2 heterocycles. The molecule has 1 aromatic rings. The van der Waals surface area contributed by atoms with E-state index < -0.39 is 52.9 Å². The second kappa shape index (κ2) is 15.7. The number of aromatic nitrogens is 2. The first-order valence-electron chi connectivity index (χ1n) is 18.1. The van der Waals surface area contributed by atoms with Gasteiger partial charge in [0, 0.05) is 25.0 Å². The number of likely N-dealkylation sites (tertiary alicyclic amines) is 1. The van der Waals surface area contributed by atoms with E-state index in [0.717, 1.165) is 64.2 Å². The molecule has 4 fully saturated rings. The molecule has 0 radical (unpaired) electrons. The number of fused-ring (bicyclic) bond motifs is 1. The zero-order chi connectivity index (χ0) is 35.3. The van der Waals surface area contributed by atoms with Gasteiger partial charge in [-0.15, -0.1) is 0 Å². The van der Waals surface area contributed by atoms with Crippen LogP contribution in [0.25, 0.3) is 0 Å². The Bertz CT molecular complexity index is 1420. The molecule has 268 valence electrons. The number of nitrogens with zero attached hydrogens (tertiary/aromatic N) is 3. The van der Waals surface area contributed by atoms with Crippen LogP contribution in [0.15, 0.2) is 30.0 Å². The van der Waals surface area contributed by atoms with E-state index in [-0.39, 0.29) is 47.5 Å². The van der Waals surface area contributed by atoms with Crippen molar-refractivity contribution < 1.29 is 29.1 Å². The van der Waals surface area contributed by atoms with Gasteiger partial charge in [0.05, 0.1) is 11.9 Å². The van der Waals surface area contributed by atoms with Crippen LogP contribution >= 0.6 is 0 Å². The highest BCUT2D eigenvalue weighted by Gasteiger charge is 2.52. The molecule has 5 rings (SSSR count). The molecule has 5 amide bonds. The van der Waals surface area contributed by atoms with Crippen molar-refractivity contribution >= 4 is 29.5 Å². The van der Waals surface area contributed by atoms with Gasteiger partial charge in [0.25, 0.3) is 11.8 Å². The van der Waals surface area contributed by atoms with Crippen molar-refractivity contribution in [2.24, 2.45) is 23.2 Å². The first kappa shape index (κ1) is 36.3. The second-order valence-electron chi connectivity index (χ2n) is 15.4. The summed E-state index contributed by atoms with van der Waals surface area (Å²) in [5, 5.41) is 22.3. The summed E-state index contributed by atoms with van der Waals surface area (Å²) in [6, 6.07) is -2.65. The van der Waals surface area contributed by atoms with Crippen molar-refractivity contribution in [3.63, 3.8) is 0 Å². The molecule has 13 heteroatoms. The van der Waals surface area contributed by atoms with E-state index in [1.807, 2.05) is 27.7 Å². The van der Waals surface area contributed by atoms with E-state index in [2.05, 4.69) is 31.2 Å². The molecule has 4 aliphatic rings. The van der Waals surface area contributed by atoms with E-state index in [1.54, 1.807) is 4.90 Å². The molecule has 0 spiro atoms. The first-order chi connectivity index (χ1) is 23.4. The summed E-state index contributed by atoms with van der Waals surface area (Å²) in [6.45, 7) is 7.88. The molecular weight excluding hydrogens is 626 g/mol. The van der Waals surface area contributed by atoms with Crippen molar-refractivity contribution in [3.8, 4) is 0 Å². The third-order valence-electron chi connectivity index (χ3n) is 10.5. The van der Waals surface area contributed by atoms with E-state index in [4.69, 9.17) is 0 Å². The third-order valence-corrected chi connectivity index (χ3v) is 10.5. The highest BCUT2D eigenvalue weighted by atomic mass is 16.3. The van der Waals surface area contributed by atoms with Crippen molar-refractivity contribution in [2.75, 3.05) is 6.54 Å². The number of amides is 5. The number of rotatable bonds is 12. The summed E-state index contributed by atoms with van der Waals surface area (Å²) in [6.07, 6.45) is 13.9. The molecule has 13 nitrogen and oxygen atoms in total. The lowest BCUT2D eigenvalue weighted by atomic mass is 9.82. The molecule has 1 aromatic heterocycles. The maximum Gasteiger partial charge on any atom is 0.288 e. The molecule has 0 aromatic carbocycles. The maximum atomic E-state index is 14.6. The molecule has 5 atom stereocenters. The minimum Gasteiger partial charge on any atom is -0.502 e. The molecular formula is C36H53N7O6. The number of hydrogen-bond donors (Lipinski definition) is 5. The first-order valence-corrected chi connectivity index (χ1v) is 18.1. The maximum absolute atomic E-state index is 14.6. The monoisotopic (exact) mass is 679 g/mol. The minimum absolute atomic E-state index is 0.0398. The Morgan fingerprint density at radius 1 is 0.959 bits per heavy atom. The van der Waals surface area contributed by atoms with Gasteiger partial charge in [-0.1, -0.05) is 59.8 Å². The predicted octanol–water partition coefficient (Wildman–Crippen LogP) is 3.28. The Hall–Kier alpha value is -4.03. The SMILES string of the molecule is CCC/C(NC(=O)C1[C@H]2CCC[C@H]2CN1C(=O)C(NC(=O)[C@@H](NC(=O)c1cnccn1)C1CCCCC1)C(C)(C)C)=C(/O)C(=O)NC1CC1. The number of nitrogens with one attached hydrogen (secondary N) is 4. The van der Waals surface area contributed by atoms with Gasteiger partial charge in [-0.05, 0) is 68.1 Å². The van der Waals surface area contributed by atoms with Gasteiger partial charge in [0.2, 0.25) is 23.5 Å². The van der Waals surface area contributed by atoms with Gasteiger partial charge in [0.15, 0.2) is 0 Å². The summed E-state index contributed by atoms with van der Waals surface area (Å²) >= 11 is 0. The zero-order valence-corrected chi connectivity index (χ0v) is 29.3. The highest BCUT2D eigenvalue weighted by Crippen LogP contribution is 2.43. The van der Waals surface area contributed by atoms with Gasteiger partial charge in [0.1, 0.15) is 23.8 Å². The van der Waals surface area contributed by atoms with Gasteiger partial charge in [-0.2, -0.15) is 0 Å². The van der Waals surface area contributed by atoms with Crippen molar-refractivity contribution in [1.82, 2.24) is 36.1 Å². The van der Waals surface area contributed by atoms with Crippen LogP contribution in [0.2, 0.25) is 0 Å². The Morgan fingerprint density at radius 3 is 2.33 bits per heavy atom. The van der Waals surface area contributed by atoms with Crippen LogP contribution in [0.5, 0.6) is 0 Å². The molecule has 2 unspecified atom stereocenters. The normalized spacial score (nSPS) is 24.2. The standard InChI is InChI=1S/C36H53N7O6/c1-5-10-25(29(44)34(48)39-23-15-16-23)40-33(47)28-24-14-9-13-22(24)20-43(28)35(49)30(36(2,3)4)42-32(46)27(21-11-7-6-8-12-21)41-31(45)26-19-37-17-18-38-26/h17-19,21-24,27-28,30,44H,5-16,20H2,1-4H3,(H,39,48)(H,40,47)(H,41,45)(H,42,46)/b29-25-/t22-,24-,27-,28?,30?/m0/s1. The fourth-order valence-electron chi connectivity index (χ4n) is 7.74. The van der Waals surface area contributed by atoms with E-state index in [1.165, 1.54) is 18.6 Å². The lowest BCUT2D eigenvalue weighted by Gasteiger charge is -2.38. The van der Waals surface area contributed by atoms with Crippen LogP contribution in [0.4, 0.5) is 0 Å². The summed E-state index contributed by atoms with van der Waals surface area (Å²) in [5.41, 5.74) is -0.483. The van der Waals surface area contributed by atoms with Gasteiger partial charge in [-0.3, -0.25) is 29.0 Å². The topological polar surface area (TPSA) is 183 Å². The zero-order valence-electron chi connectivity index (χ0n) is 29.3. The molecule has 3 saturated carbocycles. The second-order valence-corrected chi connectivity index (χ2v) is 15.4. The molecule has 5 N–H and O–H groups in total. The fraction of sp³-hybridized carbons (Fsp3) is 0.694. The number of carbonyl (C=O) groups is 5. The van der Waals surface area contributed by atoms with Crippen molar-refractivity contribution in [1.29, 1.82) is 0 Å². The summed E-state index contributed by atoms with van der Waals surface area (Å²) < 4.78 is 0. The Balaban J connectivity index is 1.38. The lowest BCUT2D eigenvalue weighted by Crippen LogP contribution is -2.61. The van der Waals surface area contributed by atoms with Gasteiger partial charge < -0.3 is 31.3 Å². The van der Waals surface area contributed by atoms with Crippen molar-refractivity contribution in [3.05, 3.63) is 35.7 Å². The largest absolute Gasteiger partial charge is 0.502 e. The average molecular weight is 680 g/mol. The Labute approximate surface area is 288 Å². The average Bonchev–Trinajstić information content (AvgIpc) is 3.65.